The van der Waals surface area contributed by atoms with E-state index in [-0.39, 0.29) is 23.1 Å². The van der Waals surface area contributed by atoms with E-state index in [9.17, 15) is 10.1 Å². The minimum absolute atomic E-state index is 0.00434. The molecule has 2 heterocycles. The summed E-state index contributed by atoms with van der Waals surface area (Å²) in [5.74, 6) is 0.131. The second-order valence-corrected chi connectivity index (χ2v) is 3.82. The first-order chi connectivity index (χ1) is 9.08. The van der Waals surface area contributed by atoms with Crippen LogP contribution in [0, 0.1) is 17.0 Å². The fourth-order valence-corrected chi connectivity index (χ4v) is 1.65. The van der Waals surface area contributed by atoms with Gasteiger partial charge in [-0.3, -0.25) is 14.8 Å². The van der Waals surface area contributed by atoms with Gasteiger partial charge in [0.1, 0.15) is 5.69 Å². The van der Waals surface area contributed by atoms with E-state index in [0.29, 0.717) is 13.1 Å². The summed E-state index contributed by atoms with van der Waals surface area (Å²) in [5, 5.41) is 17.9. The molecule has 19 heavy (non-hydrogen) atoms. The maximum atomic E-state index is 11.0. The van der Waals surface area contributed by atoms with E-state index < -0.39 is 4.92 Å². The van der Waals surface area contributed by atoms with Crippen molar-refractivity contribution in [2.75, 3.05) is 17.6 Å². The van der Waals surface area contributed by atoms with E-state index in [2.05, 4.69) is 20.4 Å². The van der Waals surface area contributed by atoms with Crippen LogP contribution in [-0.2, 0) is 6.54 Å². The first-order valence-electron chi connectivity index (χ1n) is 5.57. The molecule has 0 aromatic carbocycles. The second-order valence-electron chi connectivity index (χ2n) is 3.82. The van der Waals surface area contributed by atoms with Gasteiger partial charge in [0.15, 0.2) is 0 Å². The Bertz CT molecular complexity index is 582. The number of nitrogens with two attached hydrogens (primary N) is 1. The van der Waals surface area contributed by atoms with Gasteiger partial charge >= 0.3 is 5.69 Å². The number of hydrogen-bond donors (Lipinski definition) is 2. The number of anilines is 2. The van der Waals surface area contributed by atoms with Gasteiger partial charge in [0, 0.05) is 18.9 Å². The maximum absolute atomic E-state index is 11.0. The first kappa shape index (κ1) is 12.7. The summed E-state index contributed by atoms with van der Waals surface area (Å²) in [6, 6.07) is 1.80. The highest BCUT2D eigenvalue weighted by molar-refractivity contribution is 5.60. The van der Waals surface area contributed by atoms with Crippen molar-refractivity contribution >= 4 is 17.5 Å². The van der Waals surface area contributed by atoms with Gasteiger partial charge in [-0.05, 0) is 13.0 Å². The highest BCUT2D eigenvalue weighted by Crippen LogP contribution is 2.25. The standard InChI is InChI=1S/C10H13N7O2/c1-7-8(17(18)19)9(15-10(11)14-7)12-4-6-16-5-2-3-13-16/h2-3,5H,4,6H2,1H3,(H3,11,12,14,15). The Morgan fingerprint density at radius 3 is 2.95 bits per heavy atom. The van der Waals surface area contributed by atoms with Crippen molar-refractivity contribution in [3.8, 4) is 0 Å². The van der Waals surface area contributed by atoms with Gasteiger partial charge < -0.3 is 11.1 Å². The number of nitro groups is 1. The number of aryl methyl sites for hydroxylation is 1. The van der Waals surface area contributed by atoms with Gasteiger partial charge in [-0.15, -0.1) is 0 Å². The Labute approximate surface area is 108 Å². The summed E-state index contributed by atoms with van der Waals surface area (Å²) in [5.41, 5.74) is 5.57. The molecule has 0 aliphatic carbocycles. The highest BCUT2D eigenvalue weighted by Gasteiger charge is 2.20. The monoisotopic (exact) mass is 263 g/mol. The van der Waals surface area contributed by atoms with Crippen LogP contribution in [0.2, 0.25) is 0 Å². The minimum Gasteiger partial charge on any atom is -0.368 e. The summed E-state index contributed by atoms with van der Waals surface area (Å²) >= 11 is 0. The second kappa shape index (κ2) is 5.29. The van der Waals surface area contributed by atoms with Crippen LogP contribution in [0.5, 0.6) is 0 Å². The van der Waals surface area contributed by atoms with Crippen molar-refractivity contribution in [2.45, 2.75) is 13.5 Å². The average molecular weight is 263 g/mol. The van der Waals surface area contributed by atoms with Crippen LogP contribution < -0.4 is 11.1 Å². The van der Waals surface area contributed by atoms with Gasteiger partial charge in [0.2, 0.25) is 11.8 Å². The Balaban J connectivity index is 2.12. The van der Waals surface area contributed by atoms with Gasteiger partial charge in [-0.2, -0.15) is 10.1 Å². The fourth-order valence-electron chi connectivity index (χ4n) is 1.65. The van der Waals surface area contributed by atoms with Crippen LogP contribution in [0.25, 0.3) is 0 Å². The van der Waals surface area contributed by atoms with E-state index in [1.807, 2.05) is 0 Å². The molecule has 2 aromatic rings. The van der Waals surface area contributed by atoms with E-state index in [0.717, 1.165) is 0 Å². The number of nitrogens with one attached hydrogen (secondary N) is 1. The molecule has 0 aliphatic heterocycles. The number of nitrogens with zero attached hydrogens (tertiary/aromatic N) is 5. The van der Waals surface area contributed by atoms with Crippen molar-refractivity contribution in [1.82, 2.24) is 19.7 Å². The third-order valence-electron chi connectivity index (χ3n) is 2.45. The summed E-state index contributed by atoms with van der Waals surface area (Å²) in [7, 11) is 0. The molecule has 0 saturated heterocycles. The third kappa shape index (κ3) is 2.94. The molecule has 0 unspecified atom stereocenters. The lowest BCUT2D eigenvalue weighted by atomic mass is 10.3. The Morgan fingerprint density at radius 2 is 2.32 bits per heavy atom. The summed E-state index contributed by atoms with van der Waals surface area (Å²) in [6.45, 7) is 2.53. The Morgan fingerprint density at radius 1 is 1.53 bits per heavy atom. The van der Waals surface area contributed by atoms with Crippen molar-refractivity contribution in [1.29, 1.82) is 0 Å². The van der Waals surface area contributed by atoms with Crippen molar-refractivity contribution in [3.05, 3.63) is 34.3 Å². The number of aromatic nitrogens is 4. The molecular formula is C10H13N7O2. The molecule has 0 radical (unpaired) electrons. The Hall–Kier alpha value is -2.71. The van der Waals surface area contributed by atoms with Crippen LogP contribution in [-0.4, -0.2) is 31.2 Å². The lowest BCUT2D eigenvalue weighted by Gasteiger charge is -2.08. The lowest BCUT2D eigenvalue weighted by Crippen LogP contribution is -2.14. The van der Waals surface area contributed by atoms with E-state index in [1.54, 1.807) is 23.1 Å². The third-order valence-corrected chi connectivity index (χ3v) is 2.45. The topological polar surface area (TPSA) is 125 Å². The number of nitrogen functional groups attached to an aromatic ring is 1. The normalized spacial score (nSPS) is 10.4. The van der Waals surface area contributed by atoms with Crippen molar-refractivity contribution in [2.24, 2.45) is 0 Å². The Kier molecular flexibility index (Phi) is 3.55. The molecule has 2 rings (SSSR count). The van der Waals surface area contributed by atoms with Crippen molar-refractivity contribution in [3.63, 3.8) is 0 Å². The summed E-state index contributed by atoms with van der Waals surface area (Å²) < 4.78 is 1.70. The smallest absolute Gasteiger partial charge is 0.332 e. The van der Waals surface area contributed by atoms with Crippen LogP contribution in [0.15, 0.2) is 18.5 Å². The van der Waals surface area contributed by atoms with Crippen LogP contribution >= 0.6 is 0 Å². The van der Waals surface area contributed by atoms with Gasteiger partial charge in [-0.25, -0.2) is 4.98 Å². The quantitative estimate of drug-likeness (QED) is 0.597. The predicted molar refractivity (Wildman–Crippen MR) is 68.6 cm³/mol. The molecule has 0 aliphatic rings. The molecule has 2 aromatic heterocycles. The zero-order valence-corrected chi connectivity index (χ0v) is 10.3. The van der Waals surface area contributed by atoms with Gasteiger partial charge in [0.05, 0.1) is 11.5 Å². The minimum atomic E-state index is -0.523. The SMILES string of the molecule is Cc1nc(N)nc(NCCn2cccn2)c1[N+](=O)[O-]. The maximum Gasteiger partial charge on any atom is 0.332 e. The average Bonchev–Trinajstić information content (AvgIpc) is 2.80. The van der Waals surface area contributed by atoms with Crippen LogP contribution in [0.4, 0.5) is 17.5 Å². The number of hydrogen-bond acceptors (Lipinski definition) is 7. The fraction of sp³-hybridized carbons (Fsp3) is 0.300. The predicted octanol–water partition coefficient (Wildman–Crippen LogP) is 0.584. The molecule has 3 N–H and O–H groups in total. The van der Waals surface area contributed by atoms with Crippen LogP contribution in [0.1, 0.15) is 5.69 Å². The number of rotatable bonds is 5. The molecule has 0 amide bonds. The van der Waals surface area contributed by atoms with Crippen LogP contribution in [0.3, 0.4) is 0 Å². The molecular weight excluding hydrogens is 250 g/mol. The molecule has 9 nitrogen and oxygen atoms in total. The molecule has 0 bridgehead atoms. The first-order valence-corrected chi connectivity index (χ1v) is 5.57. The molecule has 100 valence electrons. The molecule has 0 atom stereocenters. The van der Waals surface area contributed by atoms with E-state index >= 15 is 0 Å². The van der Waals surface area contributed by atoms with Gasteiger partial charge in [-0.1, -0.05) is 0 Å². The largest absolute Gasteiger partial charge is 0.368 e. The summed E-state index contributed by atoms with van der Waals surface area (Å²) in [6.07, 6.45) is 3.46. The summed E-state index contributed by atoms with van der Waals surface area (Å²) in [4.78, 5) is 18.1. The zero-order chi connectivity index (χ0) is 13.8. The highest BCUT2D eigenvalue weighted by atomic mass is 16.6. The zero-order valence-electron chi connectivity index (χ0n) is 10.3. The lowest BCUT2D eigenvalue weighted by molar-refractivity contribution is -0.385. The van der Waals surface area contributed by atoms with E-state index in [1.165, 1.54) is 6.92 Å². The van der Waals surface area contributed by atoms with Crippen molar-refractivity contribution < 1.29 is 4.92 Å². The molecule has 9 heteroatoms. The van der Waals surface area contributed by atoms with E-state index in [4.69, 9.17) is 5.73 Å². The molecule has 0 spiro atoms. The molecule has 0 fully saturated rings. The van der Waals surface area contributed by atoms with Gasteiger partial charge in [0.25, 0.3) is 0 Å². The molecule has 0 saturated carbocycles.